The van der Waals surface area contributed by atoms with Crippen LogP contribution in [0.2, 0.25) is 0 Å². The van der Waals surface area contributed by atoms with E-state index in [9.17, 15) is 0 Å². The van der Waals surface area contributed by atoms with Gasteiger partial charge >= 0.3 is 0 Å². The quantitative estimate of drug-likeness (QED) is 0.847. The topological polar surface area (TPSA) is 35.8 Å². The van der Waals surface area contributed by atoms with Crippen molar-refractivity contribution in [2.45, 2.75) is 45.7 Å². The smallest absolute Gasteiger partial charge is 0.110 e. The van der Waals surface area contributed by atoms with Gasteiger partial charge in [-0.1, -0.05) is 6.92 Å². The van der Waals surface area contributed by atoms with Gasteiger partial charge in [-0.25, -0.2) is 0 Å². The molecule has 0 fully saturated rings. The second-order valence-corrected chi connectivity index (χ2v) is 5.53. The molecular formula is C12H18N2S. The monoisotopic (exact) mass is 222 g/mol. The van der Waals surface area contributed by atoms with Gasteiger partial charge in [-0.2, -0.15) is 5.26 Å². The summed E-state index contributed by atoms with van der Waals surface area (Å²) in [5.41, 5.74) is 0.149. The molecule has 1 rings (SSSR count). The Morgan fingerprint density at radius 2 is 2.20 bits per heavy atom. The molecular weight excluding hydrogens is 204 g/mol. The summed E-state index contributed by atoms with van der Waals surface area (Å²) >= 11 is 1.57. The fraction of sp³-hybridized carbons (Fsp3) is 0.583. The average molecular weight is 222 g/mol. The van der Waals surface area contributed by atoms with Crippen LogP contribution in [0.5, 0.6) is 0 Å². The van der Waals surface area contributed by atoms with E-state index in [2.05, 4.69) is 39.1 Å². The summed E-state index contributed by atoms with van der Waals surface area (Å²) in [6.45, 7) is 8.71. The predicted molar refractivity (Wildman–Crippen MR) is 65.0 cm³/mol. The van der Waals surface area contributed by atoms with Crippen LogP contribution < -0.4 is 5.32 Å². The summed E-state index contributed by atoms with van der Waals surface area (Å²) in [4.78, 5) is 2.01. The van der Waals surface area contributed by atoms with E-state index in [1.165, 1.54) is 4.88 Å². The van der Waals surface area contributed by atoms with Crippen LogP contribution in [-0.4, -0.2) is 5.54 Å². The lowest BCUT2D eigenvalue weighted by Gasteiger charge is -2.28. The minimum Gasteiger partial charge on any atom is -0.304 e. The van der Waals surface area contributed by atoms with E-state index in [4.69, 9.17) is 5.26 Å². The molecule has 0 saturated heterocycles. The zero-order chi connectivity index (χ0) is 11.5. The van der Waals surface area contributed by atoms with Crippen molar-refractivity contribution in [3.8, 4) is 6.07 Å². The van der Waals surface area contributed by atoms with Gasteiger partial charge in [0.05, 0.1) is 0 Å². The van der Waals surface area contributed by atoms with E-state index in [0.717, 1.165) is 11.3 Å². The molecule has 15 heavy (non-hydrogen) atoms. The molecule has 0 spiro atoms. The first kappa shape index (κ1) is 12.2. The Hall–Kier alpha value is -0.850. The van der Waals surface area contributed by atoms with Gasteiger partial charge in [0.2, 0.25) is 0 Å². The van der Waals surface area contributed by atoms with Crippen molar-refractivity contribution >= 4 is 11.3 Å². The number of rotatable bonds is 4. The molecule has 0 radical (unpaired) electrons. The van der Waals surface area contributed by atoms with Gasteiger partial charge in [0, 0.05) is 16.5 Å². The Balaban J connectivity index is 2.69. The molecule has 1 aromatic heterocycles. The van der Waals surface area contributed by atoms with E-state index in [1.807, 2.05) is 12.1 Å². The van der Waals surface area contributed by atoms with Crippen molar-refractivity contribution in [1.82, 2.24) is 5.32 Å². The highest BCUT2D eigenvalue weighted by atomic mass is 32.1. The molecule has 0 aliphatic carbocycles. The van der Waals surface area contributed by atoms with Crippen molar-refractivity contribution in [2.24, 2.45) is 0 Å². The molecule has 0 bridgehead atoms. The number of hydrogen-bond donors (Lipinski definition) is 1. The molecule has 1 aromatic rings. The number of thiophene rings is 1. The average Bonchev–Trinajstić information content (AvgIpc) is 2.65. The standard InChI is InChI=1S/C12H18N2S/c1-5-12(3,4)14-9(2)11-7-6-10(8-13)15-11/h6-7,9,14H,5H2,1-4H3. The van der Waals surface area contributed by atoms with Crippen LogP contribution >= 0.6 is 11.3 Å². The van der Waals surface area contributed by atoms with Crippen LogP contribution in [0.15, 0.2) is 12.1 Å². The summed E-state index contributed by atoms with van der Waals surface area (Å²) < 4.78 is 0. The zero-order valence-corrected chi connectivity index (χ0v) is 10.6. The molecule has 1 heterocycles. The molecule has 0 aliphatic rings. The predicted octanol–water partition coefficient (Wildman–Crippen LogP) is 3.46. The molecule has 3 heteroatoms. The first-order valence-corrected chi connectivity index (χ1v) is 6.07. The maximum Gasteiger partial charge on any atom is 0.110 e. The van der Waals surface area contributed by atoms with Crippen molar-refractivity contribution in [3.63, 3.8) is 0 Å². The lowest BCUT2D eigenvalue weighted by molar-refractivity contribution is 0.340. The third-order valence-electron chi connectivity index (χ3n) is 2.65. The fourth-order valence-electron chi connectivity index (χ4n) is 1.40. The van der Waals surface area contributed by atoms with Gasteiger partial charge in [-0.3, -0.25) is 0 Å². The van der Waals surface area contributed by atoms with E-state index in [0.29, 0.717) is 6.04 Å². The van der Waals surface area contributed by atoms with Crippen LogP contribution in [0.1, 0.15) is 49.9 Å². The highest BCUT2D eigenvalue weighted by Gasteiger charge is 2.19. The van der Waals surface area contributed by atoms with Crippen LogP contribution in [0.3, 0.4) is 0 Å². The van der Waals surface area contributed by atoms with Gasteiger partial charge < -0.3 is 5.32 Å². The van der Waals surface area contributed by atoms with Crippen LogP contribution in [0.25, 0.3) is 0 Å². The van der Waals surface area contributed by atoms with Crippen molar-refractivity contribution in [1.29, 1.82) is 5.26 Å². The van der Waals surface area contributed by atoms with Crippen molar-refractivity contribution < 1.29 is 0 Å². The van der Waals surface area contributed by atoms with E-state index >= 15 is 0 Å². The summed E-state index contributed by atoms with van der Waals surface area (Å²) in [6.07, 6.45) is 1.09. The van der Waals surface area contributed by atoms with Gasteiger partial charge in [0.1, 0.15) is 10.9 Å². The normalized spacial score (nSPS) is 13.5. The molecule has 0 saturated carbocycles. The SMILES string of the molecule is CCC(C)(C)NC(C)c1ccc(C#N)s1. The molecule has 1 unspecified atom stereocenters. The molecule has 0 aromatic carbocycles. The van der Waals surface area contributed by atoms with Gasteiger partial charge in [0.25, 0.3) is 0 Å². The number of hydrogen-bond acceptors (Lipinski definition) is 3. The molecule has 1 atom stereocenters. The molecule has 82 valence electrons. The van der Waals surface area contributed by atoms with Gasteiger partial charge in [-0.05, 0) is 39.3 Å². The Morgan fingerprint density at radius 1 is 1.53 bits per heavy atom. The highest BCUT2D eigenvalue weighted by molar-refractivity contribution is 7.12. The van der Waals surface area contributed by atoms with E-state index in [1.54, 1.807) is 11.3 Å². The molecule has 0 aliphatic heterocycles. The van der Waals surface area contributed by atoms with Crippen molar-refractivity contribution in [2.75, 3.05) is 0 Å². The van der Waals surface area contributed by atoms with E-state index in [-0.39, 0.29) is 5.54 Å². The van der Waals surface area contributed by atoms with Crippen LogP contribution in [0, 0.1) is 11.3 Å². The maximum absolute atomic E-state index is 8.75. The maximum atomic E-state index is 8.75. The molecule has 1 N–H and O–H groups in total. The van der Waals surface area contributed by atoms with Gasteiger partial charge in [-0.15, -0.1) is 11.3 Å². The molecule has 2 nitrogen and oxygen atoms in total. The number of nitrogens with one attached hydrogen (secondary N) is 1. The third-order valence-corrected chi connectivity index (χ3v) is 3.83. The van der Waals surface area contributed by atoms with Crippen LogP contribution in [0.4, 0.5) is 0 Å². The minimum atomic E-state index is 0.149. The second kappa shape index (κ2) is 4.78. The second-order valence-electron chi connectivity index (χ2n) is 4.42. The Labute approximate surface area is 95.9 Å². The summed E-state index contributed by atoms with van der Waals surface area (Å²) in [7, 11) is 0. The largest absolute Gasteiger partial charge is 0.304 e. The van der Waals surface area contributed by atoms with Crippen molar-refractivity contribution in [3.05, 3.63) is 21.9 Å². The Bertz CT molecular complexity index is 360. The molecule has 0 amide bonds. The zero-order valence-electron chi connectivity index (χ0n) is 9.79. The number of nitriles is 1. The third kappa shape index (κ3) is 3.33. The summed E-state index contributed by atoms with van der Waals surface area (Å²) in [6, 6.07) is 6.40. The van der Waals surface area contributed by atoms with Crippen LogP contribution in [-0.2, 0) is 0 Å². The van der Waals surface area contributed by atoms with Gasteiger partial charge in [0.15, 0.2) is 0 Å². The summed E-state index contributed by atoms with van der Waals surface area (Å²) in [5.74, 6) is 0. The Morgan fingerprint density at radius 3 is 2.67 bits per heavy atom. The minimum absolute atomic E-state index is 0.149. The Kier molecular flexibility index (Phi) is 3.90. The van der Waals surface area contributed by atoms with E-state index < -0.39 is 0 Å². The summed E-state index contributed by atoms with van der Waals surface area (Å²) in [5, 5.41) is 12.3. The number of nitrogens with zero attached hydrogens (tertiary/aromatic N) is 1. The highest BCUT2D eigenvalue weighted by Crippen LogP contribution is 2.24. The first-order chi connectivity index (χ1) is 6.98. The lowest BCUT2D eigenvalue weighted by Crippen LogP contribution is -2.39. The lowest BCUT2D eigenvalue weighted by atomic mass is 10.0. The first-order valence-electron chi connectivity index (χ1n) is 5.26. The fourth-order valence-corrected chi connectivity index (χ4v) is 2.21.